The molecule has 0 aliphatic heterocycles. The second kappa shape index (κ2) is 12.7. The number of anilines is 2. The van der Waals surface area contributed by atoms with E-state index in [-0.39, 0.29) is 5.91 Å². The highest BCUT2D eigenvalue weighted by Crippen LogP contribution is 2.38. The van der Waals surface area contributed by atoms with Crippen LogP contribution in [0.5, 0.6) is 0 Å². The molecular weight excluding hydrogens is 494 g/mol. The summed E-state index contributed by atoms with van der Waals surface area (Å²) in [6.45, 7) is 4.37. The second-order valence-corrected chi connectivity index (χ2v) is 11.3. The van der Waals surface area contributed by atoms with E-state index in [0.29, 0.717) is 30.3 Å². The lowest BCUT2D eigenvalue weighted by atomic mass is 9.78. The van der Waals surface area contributed by atoms with E-state index in [1.165, 1.54) is 11.8 Å². The van der Waals surface area contributed by atoms with E-state index in [0.717, 1.165) is 47.6 Å². The highest BCUT2D eigenvalue weighted by atomic mass is 32.2. The van der Waals surface area contributed by atoms with E-state index in [9.17, 15) is 9.90 Å². The van der Waals surface area contributed by atoms with Gasteiger partial charge in [-0.25, -0.2) is 9.97 Å². The third kappa shape index (κ3) is 6.92. The largest absolute Gasteiger partial charge is 0.378 e. The Balaban J connectivity index is 1.62. The van der Waals surface area contributed by atoms with Crippen molar-refractivity contribution < 1.29 is 9.90 Å². The highest BCUT2D eigenvalue weighted by Gasteiger charge is 2.47. The number of benzene rings is 2. The summed E-state index contributed by atoms with van der Waals surface area (Å²) < 4.78 is 0. The number of nitrogens with one attached hydrogen (secondary N) is 1. The van der Waals surface area contributed by atoms with Crippen molar-refractivity contribution in [3.63, 3.8) is 0 Å². The van der Waals surface area contributed by atoms with E-state index >= 15 is 0 Å². The summed E-state index contributed by atoms with van der Waals surface area (Å²) in [5.41, 5.74) is 3.88. The monoisotopic (exact) mass is 533 g/mol. The van der Waals surface area contributed by atoms with Crippen LogP contribution in [0.1, 0.15) is 49.1 Å². The van der Waals surface area contributed by atoms with E-state index in [1.54, 1.807) is 0 Å². The first-order chi connectivity index (χ1) is 18.3. The number of carbonyl (C=O) groups excluding carboxylic acids is 1. The van der Waals surface area contributed by atoms with Gasteiger partial charge in [0.1, 0.15) is 11.8 Å². The van der Waals surface area contributed by atoms with Crippen LogP contribution in [0.3, 0.4) is 0 Å². The van der Waals surface area contributed by atoms with Gasteiger partial charge in [0.25, 0.3) is 0 Å². The van der Waals surface area contributed by atoms with Crippen LogP contribution >= 0.6 is 11.8 Å². The third-order valence-electron chi connectivity index (χ3n) is 7.17. The number of rotatable bonds is 10. The van der Waals surface area contributed by atoms with E-state index in [1.807, 2.05) is 98.4 Å². The number of aliphatic hydroxyl groups is 1. The fourth-order valence-electron chi connectivity index (χ4n) is 5.19. The zero-order chi connectivity index (χ0) is 27.1. The van der Waals surface area contributed by atoms with Gasteiger partial charge in [-0.05, 0) is 62.6 Å². The average Bonchev–Trinajstić information content (AvgIpc) is 2.91. The van der Waals surface area contributed by atoms with Crippen LogP contribution in [0.2, 0.25) is 0 Å². The zero-order valence-corrected chi connectivity index (χ0v) is 23.7. The van der Waals surface area contributed by atoms with Crippen LogP contribution in [0.4, 0.5) is 11.4 Å². The Hall–Kier alpha value is -2.94. The molecule has 1 atom stereocenters. The highest BCUT2D eigenvalue weighted by molar-refractivity contribution is 7.99. The molecule has 0 bridgehead atoms. The summed E-state index contributed by atoms with van der Waals surface area (Å²) >= 11 is 1.43. The maximum absolute atomic E-state index is 14.1. The Morgan fingerprint density at radius 3 is 2.24 bits per heavy atom. The van der Waals surface area contributed by atoms with Crippen LogP contribution in [0.15, 0.2) is 65.8 Å². The van der Waals surface area contributed by atoms with E-state index < -0.39 is 11.8 Å². The van der Waals surface area contributed by atoms with Gasteiger partial charge in [0.15, 0.2) is 5.16 Å². The van der Waals surface area contributed by atoms with Crippen molar-refractivity contribution in [2.75, 3.05) is 30.1 Å². The Morgan fingerprint density at radius 2 is 1.63 bits per heavy atom. The fraction of sp³-hybridized carbons (Fsp3) is 0.433. The summed E-state index contributed by atoms with van der Waals surface area (Å²) in [5.74, 6) is 0.305. The molecule has 0 radical (unpaired) electrons. The first-order valence-electron chi connectivity index (χ1n) is 13.3. The number of thioether (sulfide) groups is 1. The normalized spacial score (nSPS) is 15.7. The predicted octanol–water partition coefficient (Wildman–Crippen LogP) is 5.41. The number of carbonyl (C=O) groups is 1. The molecule has 7 nitrogen and oxygen atoms in total. The molecule has 1 saturated carbocycles. The maximum atomic E-state index is 14.1. The minimum atomic E-state index is -0.857. The minimum absolute atomic E-state index is 0.0579. The van der Waals surface area contributed by atoms with E-state index in [4.69, 9.17) is 0 Å². The molecule has 38 heavy (non-hydrogen) atoms. The van der Waals surface area contributed by atoms with Crippen LogP contribution in [0, 0.1) is 13.8 Å². The summed E-state index contributed by atoms with van der Waals surface area (Å²) in [4.78, 5) is 27.2. The molecule has 1 aromatic heterocycles. The maximum Gasteiger partial charge on any atom is 0.244 e. The lowest BCUT2D eigenvalue weighted by Gasteiger charge is -2.47. The van der Waals surface area contributed by atoms with Crippen molar-refractivity contribution in [2.45, 2.75) is 69.4 Å². The standard InChI is InChI=1S/C30H39N5O2S/c1-22-19-23(2)32-29(31-22)38-21-27(36)35(20-24-11-7-5-8-12-24)30(17-9-6-10-18-30)28(37)33-25-13-15-26(16-14-25)34(3)4/h5,7-8,11-16,19,27,36H,6,9-10,17-18,20-21H2,1-4H3,(H,33,37)/t27-/m0/s1. The van der Waals surface area contributed by atoms with Crippen molar-refractivity contribution in [1.29, 1.82) is 0 Å². The fourth-order valence-corrected chi connectivity index (χ4v) is 6.09. The summed E-state index contributed by atoms with van der Waals surface area (Å²) in [6, 6.07) is 19.9. The molecule has 1 aliphatic carbocycles. The topological polar surface area (TPSA) is 81.6 Å². The smallest absolute Gasteiger partial charge is 0.244 e. The van der Waals surface area contributed by atoms with Gasteiger partial charge < -0.3 is 15.3 Å². The third-order valence-corrected chi connectivity index (χ3v) is 8.08. The van der Waals surface area contributed by atoms with Crippen LogP contribution < -0.4 is 10.2 Å². The molecule has 1 heterocycles. The lowest BCUT2D eigenvalue weighted by molar-refractivity contribution is -0.142. The van der Waals surface area contributed by atoms with Crippen LogP contribution in [-0.2, 0) is 11.3 Å². The Bertz CT molecular complexity index is 1180. The van der Waals surface area contributed by atoms with E-state index in [2.05, 4.69) is 15.3 Å². The Morgan fingerprint density at radius 1 is 1.00 bits per heavy atom. The molecule has 0 unspecified atom stereocenters. The number of amides is 1. The van der Waals surface area contributed by atoms with Crippen molar-refractivity contribution in [3.05, 3.63) is 77.6 Å². The first kappa shape index (κ1) is 28.1. The van der Waals surface area contributed by atoms with Crippen molar-refractivity contribution in [2.24, 2.45) is 0 Å². The van der Waals surface area contributed by atoms with Gasteiger partial charge in [-0.15, -0.1) is 0 Å². The molecule has 202 valence electrons. The summed E-state index contributed by atoms with van der Waals surface area (Å²) in [5, 5.41) is 15.5. The molecule has 8 heteroatoms. The van der Waals surface area contributed by atoms with Crippen LogP contribution in [0.25, 0.3) is 0 Å². The number of hydrogen-bond donors (Lipinski definition) is 2. The quantitative estimate of drug-likeness (QED) is 0.205. The van der Waals surface area contributed by atoms with Gasteiger partial charge >= 0.3 is 0 Å². The SMILES string of the molecule is Cc1cc(C)nc(SC[C@H](O)N(Cc2ccccc2)C2(C(=O)Nc3ccc(N(C)C)cc3)CCCCC2)n1. The van der Waals surface area contributed by atoms with Crippen molar-refractivity contribution in [1.82, 2.24) is 14.9 Å². The molecule has 1 amide bonds. The molecule has 0 saturated heterocycles. The van der Waals surface area contributed by atoms with Gasteiger partial charge in [-0.2, -0.15) is 0 Å². The second-order valence-electron chi connectivity index (χ2n) is 10.3. The number of nitrogens with zero attached hydrogens (tertiary/aromatic N) is 4. The van der Waals surface area contributed by atoms with Gasteiger partial charge in [-0.3, -0.25) is 9.69 Å². The molecule has 1 fully saturated rings. The molecule has 2 aromatic carbocycles. The van der Waals surface area contributed by atoms with Gasteiger partial charge in [0.05, 0.1) is 0 Å². The average molecular weight is 534 g/mol. The lowest BCUT2D eigenvalue weighted by Crippen LogP contribution is -2.61. The first-order valence-corrected chi connectivity index (χ1v) is 14.3. The Labute approximate surface area is 230 Å². The summed E-state index contributed by atoms with van der Waals surface area (Å²) in [6.07, 6.45) is 3.51. The number of aromatic nitrogens is 2. The van der Waals surface area contributed by atoms with Crippen molar-refractivity contribution in [3.8, 4) is 0 Å². The molecule has 0 spiro atoms. The van der Waals surface area contributed by atoms with Crippen LogP contribution in [-0.4, -0.2) is 57.5 Å². The predicted molar refractivity (Wildman–Crippen MR) is 155 cm³/mol. The molecule has 4 rings (SSSR count). The Kier molecular flexibility index (Phi) is 9.41. The van der Waals surface area contributed by atoms with Gasteiger partial charge in [0, 0.05) is 49.2 Å². The zero-order valence-electron chi connectivity index (χ0n) is 22.9. The van der Waals surface area contributed by atoms with Gasteiger partial charge in [0.2, 0.25) is 5.91 Å². The number of hydrogen-bond acceptors (Lipinski definition) is 7. The molecular formula is C30H39N5O2S. The molecule has 3 aromatic rings. The summed E-state index contributed by atoms with van der Waals surface area (Å²) in [7, 11) is 3.99. The molecule has 1 aliphatic rings. The van der Waals surface area contributed by atoms with Gasteiger partial charge in [-0.1, -0.05) is 61.4 Å². The molecule has 2 N–H and O–H groups in total. The van der Waals surface area contributed by atoms with Crippen molar-refractivity contribution >= 4 is 29.0 Å². The number of aryl methyl sites for hydroxylation is 2. The minimum Gasteiger partial charge on any atom is -0.378 e. The number of aliphatic hydroxyl groups excluding tert-OH is 1.